The van der Waals surface area contributed by atoms with Crippen LogP contribution >= 0.6 is 35.3 Å². The highest BCUT2D eigenvalue weighted by atomic mass is 127. The van der Waals surface area contributed by atoms with Crippen molar-refractivity contribution in [3.8, 4) is 0 Å². The molecule has 102 valence electrons. The van der Waals surface area contributed by atoms with Gasteiger partial charge in [-0.25, -0.2) is 0 Å². The van der Waals surface area contributed by atoms with Gasteiger partial charge in [-0.3, -0.25) is 4.99 Å². The highest BCUT2D eigenvalue weighted by molar-refractivity contribution is 14.0. The molecule has 1 rings (SSSR count). The van der Waals surface area contributed by atoms with E-state index in [9.17, 15) is 0 Å². The Morgan fingerprint density at radius 1 is 1.61 bits per heavy atom. The largest absolute Gasteiger partial charge is 0.351 e. The number of unbranched alkanes of at least 4 members (excludes halogenated alkanes) is 1. The number of halogens is 1. The maximum Gasteiger partial charge on any atom is 0.193 e. The van der Waals surface area contributed by atoms with E-state index < -0.39 is 0 Å². The Hall–Kier alpha value is -0.560. The summed E-state index contributed by atoms with van der Waals surface area (Å²) in [5, 5.41) is 5.45. The van der Waals surface area contributed by atoms with Gasteiger partial charge in [-0.1, -0.05) is 12.1 Å². The van der Waals surface area contributed by atoms with Crippen LogP contribution in [0.15, 0.2) is 35.2 Å². The first-order chi connectivity index (χ1) is 8.27. The first-order valence-electron chi connectivity index (χ1n) is 5.83. The molecule has 0 aliphatic carbocycles. The van der Waals surface area contributed by atoms with Gasteiger partial charge in [0.1, 0.15) is 0 Å². The van der Waals surface area contributed by atoms with Crippen LogP contribution in [0.5, 0.6) is 0 Å². The highest BCUT2D eigenvalue weighted by Gasteiger charge is 2.04. The molecule has 1 N–H and O–H groups in total. The van der Waals surface area contributed by atoms with Gasteiger partial charge in [0, 0.05) is 25.5 Å². The summed E-state index contributed by atoms with van der Waals surface area (Å²) in [4.78, 5) is 7.75. The van der Waals surface area contributed by atoms with E-state index in [0.717, 1.165) is 31.9 Å². The standard InChI is InChI=1S/C13H21N3S.HI/c1-4-5-6-9-16(3)13(14-2)15-11-12-8-7-10-17-12;/h4,7-8,10H,1,5-6,9,11H2,2-3H3,(H,14,15);1H. The van der Waals surface area contributed by atoms with Crippen molar-refractivity contribution in [2.45, 2.75) is 19.4 Å². The molecule has 0 fully saturated rings. The van der Waals surface area contributed by atoms with Crippen LogP contribution in [0.4, 0.5) is 0 Å². The number of nitrogens with one attached hydrogen (secondary N) is 1. The molecule has 0 amide bonds. The molecule has 0 atom stereocenters. The third-order valence-electron chi connectivity index (χ3n) is 2.48. The molecule has 0 saturated heterocycles. The SMILES string of the molecule is C=CCCCN(C)C(=NC)NCc1cccs1.I. The van der Waals surface area contributed by atoms with Crippen LogP contribution in [0.25, 0.3) is 0 Å². The zero-order valence-electron chi connectivity index (χ0n) is 11.1. The first kappa shape index (κ1) is 17.4. The monoisotopic (exact) mass is 379 g/mol. The summed E-state index contributed by atoms with van der Waals surface area (Å²) in [6.07, 6.45) is 4.11. The van der Waals surface area contributed by atoms with Gasteiger partial charge in [0.25, 0.3) is 0 Å². The van der Waals surface area contributed by atoms with Crippen molar-refractivity contribution < 1.29 is 0 Å². The Labute approximate surface area is 131 Å². The highest BCUT2D eigenvalue weighted by Crippen LogP contribution is 2.07. The predicted octanol–water partition coefficient (Wildman–Crippen LogP) is 3.34. The minimum absolute atomic E-state index is 0. The van der Waals surface area contributed by atoms with Crippen LogP contribution in [-0.2, 0) is 6.54 Å². The molecule has 0 aliphatic heterocycles. The number of nitrogens with zero attached hydrogens (tertiary/aromatic N) is 2. The van der Waals surface area contributed by atoms with Gasteiger partial charge in [0.15, 0.2) is 5.96 Å². The van der Waals surface area contributed by atoms with E-state index in [4.69, 9.17) is 0 Å². The molecule has 1 heterocycles. The quantitative estimate of drug-likeness (QED) is 0.270. The van der Waals surface area contributed by atoms with Crippen LogP contribution in [0.3, 0.4) is 0 Å². The van der Waals surface area contributed by atoms with Crippen molar-refractivity contribution in [2.24, 2.45) is 4.99 Å². The number of allylic oxidation sites excluding steroid dienone is 1. The van der Waals surface area contributed by atoms with Gasteiger partial charge in [-0.15, -0.1) is 41.9 Å². The van der Waals surface area contributed by atoms with Crippen LogP contribution < -0.4 is 5.32 Å². The third kappa shape index (κ3) is 6.39. The Bertz CT molecular complexity index is 349. The molecular formula is C13H22IN3S. The van der Waals surface area contributed by atoms with Gasteiger partial charge < -0.3 is 10.2 Å². The van der Waals surface area contributed by atoms with Gasteiger partial charge in [-0.05, 0) is 24.3 Å². The van der Waals surface area contributed by atoms with Gasteiger partial charge in [0.05, 0.1) is 6.54 Å². The number of hydrogen-bond acceptors (Lipinski definition) is 2. The lowest BCUT2D eigenvalue weighted by atomic mass is 10.3. The minimum Gasteiger partial charge on any atom is -0.351 e. The summed E-state index contributed by atoms with van der Waals surface area (Å²) in [6, 6.07) is 4.20. The smallest absolute Gasteiger partial charge is 0.193 e. The van der Waals surface area contributed by atoms with Crippen LogP contribution in [0, 0.1) is 0 Å². The molecule has 0 unspecified atom stereocenters. The summed E-state index contributed by atoms with van der Waals surface area (Å²) in [5.74, 6) is 0.947. The lowest BCUT2D eigenvalue weighted by Crippen LogP contribution is -2.38. The Morgan fingerprint density at radius 3 is 2.94 bits per heavy atom. The number of hydrogen-bond donors (Lipinski definition) is 1. The first-order valence-corrected chi connectivity index (χ1v) is 6.71. The summed E-state index contributed by atoms with van der Waals surface area (Å²) in [7, 11) is 3.88. The van der Waals surface area contributed by atoms with Gasteiger partial charge in [0.2, 0.25) is 0 Å². The van der Waals surface area contributed by atoms with E-state index in [-0.39, 0.29) is 24.0 Å². The van der Waals surface area contributed by atoms with Gasteiger partial charge >= 0.3 is 0 Å². The topological polar surface area (TPSA) is 27.6 Å². The molecule has 1 aromatic heterocycles. The third-order valence-corrected chi connectivity index (χ3v) is 3.35. The van der Waals surface area contributed by atoms with Crippen molar-refractivity contribution in [2.75, 3.05) is 20.6 Å². The summed E-state index contributed by atoms with van der Waals surface area (Å²) in [5.41, 5.74) is 0. The number of rotatable bonds is 6. The fraction of sp³-hybridized carbons (Fsp3) is 0.462. The van der Waals surface area contributed by atoms with E-state index in [1.54, 1.807) is 11.3 Å². The van der Waals surface area contributed by atoms with Crippen LogP contribution in [-0.4, -0.2) is 31.5 Å². The van der Waals surface area contributed by atoms with Crippen molar-refractivity contribution in [3.63, 3.8) is 0 Å². The van der Waals surface area contributed by atoms with Crippen molar-refractivity contribution in [3.05, 3.63) is 35.0 Å². The number of thiophene rings is 1. The van der Waals surface area contributed by atoms with E-state index in [1.807, 2.05) is 13.1 Å². The molecule has 0 saturated carbocycles. The molecule has 18 heavy (non-hydrogen) atoms. The average Bonchev–Trinajstić information content (AvgIpc) is 2.83. The molecule has 1 aromatic rings. The van der Waals surface area contributed by atoms with E-state index in [2.05, 4.69) is 46.3 Å². The zero-order valence-corrected chi connectivity index (χ0v) is 14.2. The molecule has 0 aliphatic rings. The molecule has 0 aromatic carbocycles. The lowest BCUT2D eigenvalue weighted by molar-refractivity contribution is 0.470. The van der Waals surface area contributed by atoms with E-state index in [1.165, 1.54) is 4.88 Å². The molecule has 0 radical (unpaired) electrons. The second kappa shape index (κ2) is 10.4. The minimum atomic E-state index is 0. The van der Waals surface area contributed by atoms with Crippen molar-refractivity contribution in [1.82, 2.24) is 10.2 Å². The Morgan fingerprint density at radius 2 is 2.39 bits per heavy atom. The van der Waals surface area contributed by atoms with E-state index >= 15 is 0 Å². The van der Waals surface area contributed by atoms with Crippen LogP contribution in [0.2, 0.25) is 0 Å². The molecule has 0 bridgehead atoms. The number of guanidine groups is 1. The lowest BCUT2D eigenvalue weighted by Gasteiger charge is -2.21. The summed E-state index contributed by atoms with van der Waals surface area (Å²) in [6.45, 7) is 5.57. The fourth-order valence-electron chi connectivity index (χ4n) is 1.54. The molecule has 3 nitrogen and oxygen atoms in total. The second-order valence-electron chi connectivity index (χ2n) is 3.83. The predicted molar refractivity (Wildman–Crippen MR) is 92.0 cm³/mol. The fourth-order valence-corrected chi connectivity index (χ4v) is 2.19. The summed E-state index contributed by atoms with van der Waals surface area (Å²) >= 11 is 1.76. The van der Waals surface area contributed by atoms with Crippen molar-refractivity contribution >= 4 is 41.3 Å². The molecule has 0 spiro atoms. The normalized spacial score (nSPS) is 10.7. The van der Waals surface area contributed by atoms with Crippen molar-refractivity contribution in [1.29, 1.82) is 0 Å². The maximum absolute atomic E-state index is 4.28. The molecular weight excluding hydrogens is 357 g/mol. The van der Waals surface area contributed by atoms with Gasteiger partial charge in [-0.2, -0.15) is 0 Å². The summed E-state index contributed by atoms with van der Waals surface area (Å²) < 4.78 is 0. The molecule has 5 heteroatoms. The maximum atomic E-state index is 4.28. The second-order valence-corrected chi connectivity index (χ2v) is 4.86. The van der Waals surface area contributed by atoms with E-state index in [0.29, 0.717) is 0 Å². The van der Waals surface area contributed by atoms with Crippen LogP contribution in [0.1, 0.15) is 17.7 Å². The Balaban J connectivity index is 0.00000289. The Kier molecular flexibility index (Phi) is 10.0. The average molecular weight is 379 g/mol. The zero-order chi connectivity index (χ0) is 12.5. The number of aliphatic imine (C=N–C) groups is 1.